The van der Waals surface area contributed by atoms with Crippen LogP contribution in [0.25, 0.3) is 16.7 Å². The first kappa shape index (κ1) is 22.4. The van der Waals surface area contributed by atoms with E-state index in [9.17, 15) is 14.4 Å². The smallest absolute Gasteiger partial charge is 0.341 e. The van der Waals surface area contributed by atoms with E-state index in [1.807, 2.05) is 13.8 Å². The molecule has 0 saturated carbocycles. The van der Waals surface area contributed by atoms with Gasteiger partial charge in [-0.3, -0.25) is 14.0 Å². The summed E-state index contributed by atoms with van der Waals surface area (Å²) in [6, 6.07) is 12.6. The highest BCUT2D eigenvalue weighted by Crippen LogP contribution is 2.16. The Bertz CT molecular complexity index is 1520. The van der Waals surface area contributed by atoms with Gasteiger partial charge >= 0.3 is 5.97 Å². The van der Waals surface area contributed by atoms with Crippen LogP contribution in [0.15, 0.2) is 64.5 Å². The number of amides is 1. The number of carbonyl (C=O) groups is 2. The molecule has 0 radical (unpaired) electrons. The summed E-state index contributed by atoms with van der Waals surface area (Å²) in [6.45, 7) is 5.51. The first-order chi connectivity index (χ1) is 15.8. The molecule has 0 saturated heterocycles. The Labute approximate surface area is 193 Å². The number of esters is 1. The van der Waals surface area contributed by atoms with Gasteiger partial charge in [-0.2, -0.15) is 4.99 Å². The largest absolute Gasteiger partial charge is 0.462 e. The molecule has 0 aliphatic carbocycles. The Morgan fingerprint density at radius 3 is 2.55 bits per heavy atom. The molecular formula is C24H21ClN4O4. The highest BCUT2D eigenvalue weighted by molar-refractivity contribution is 6.30. The Morgan fingerprint density at radius 2 is 1.88 bits per heavy atom. The highest BCUT2D eigenvalue weighted by atomic mass is 35.5. The molecule has 0 bridgehead atoms. The number of pyridine rings is 2. The van der Waals surface area contributed by atoms with E-state index in [1.54, 1.807) is 60.2 Å². The minimum absolute atomic E-state index is 0.00939. The molecule has 0 spiro atoms. The molecule has 0 aliphatic rings. The van der Waals surface area contributed by atoms with Crippen LogP contribution >= 0.6 is 11.6 Å². The van der Waals surface area contributed by atoms with Gasteiger partial charge in [0, 0.05) is 22.8 Å². The highest BCUT2D eigenvalue weighted by Gasteiger charge is 2.21. The van der Waals surface area contributed by atoms with Gasteiger partial charge in [-0.15, -0.1) is 0 Å². The van der Waals surface area contributed by atoms with Crippen molar-refractivity contribution < 1.29 is 14.3 Å². The number of fused-ring (bicyclic) bond motifs is 2. The van der Waals surface area contributed by atoms with E-state index < -0.39 is 11.9 Å². The van der Waals surface area contributed by atoms with E-state index in [2.05, 4.69) is 9.98 Å². The lowest BCUT2D eigenvalue weighted by molar-refractivity contribution is 0.0523. The van der Waals surface area contributed by atoms with Crippen LogP contribution < -0.4 is 11.0 Å². The molecule has 3 aromatic heterocycles. The van der Waals surface area contributed by atoms with Crippen molar-refractivity contribution in [2.45, 2.75) is 26.8 Å². The minimum Gasteiger partial charge on any atom is -0.462 e. The van der Waals surface area contributed by atoms with Crippen molar-refractivity contribution in [3.8, 4) is 0 Å². The van der Waals surface area contributed by atoms with Gasteiger partial charge in [0.15, 0.2) is 5.49 Å². The number of hydrogen-bond donors (Lipinski definition) is 0. The summed E-state index contributed by atoms with van der Waals surface area (Å²) < 4.78 is 8.23. The van der Waals surface area contributed by atoms with Gasteiger partial charge < -0.3 is 9.30 Å². The van der Waals surface area contributed by atoms with Gasteiger partial charge in [-0.25, -0.2) is 9.78 Å². The predicted octanol–water partition coefficient (Wildman–Crippen LogP) is 3.80. The summed E-state index contributed by atoms with van der Waals surface area (Å²) in [5, 5.41) is 0.701. The molecule has 0 atom stereocenters. The van der Waals surface area contributed by atoms with Crippen molar-refractivity contribution in [2.75, 3.05) is 6.61 Å². The molecule has 0 fully saturated rings. The van der Waals surface area contributed by atoms with Crippen molar-refractivity contribution in [1.82, 2.24) is 14.0 Å². The zero-order chi connectivity index (χ0) is 23.7. The fourth-order valence-corrected chi connectivity index (χ4v) is 3.68. The molecule has 168 valence electrons. The summed E-state index contributed by atoms with van der Waals surface area (Å²) in [7, 11) is 0. The fourth-order valence-electron chi connectivity index (χ4n) is 3.56. The van der Waals surface area contributed by atoms with Crippen LogP contribution in [0.1, 0.15) is 47.5 Å². The molecule has 0 aliphatic heterocycles. The topological polar surface area (TPSA) is 95.0 Å². The molecule has 4 rings (SSSR count). The second-order valence-corrected chi connectivity index (χ2v) is 8.01. The summed E-state index contributed by atoms with van der Waals surface area (Å²) in [5.41, 5.74) is 0.792. The van der Waals surface area contributed by atoms with Crippen molar-refractivity contribution in [3.05, 3.63) is 86.7 Å². The van der Waals surface area contributed by atoms with E-state index in [4.69, 9.17) is 16.3 Å². The first-order valence-corrected chi connectivity index (χ1v) is 10.8. The third kappa shape index (κ3) is 4.17. The average molecular weight is 465 g/mol. The average Bonchev–Trinajstić information content (AvgIpc) is 2.79. The molecule has 1 amide bonds. The normalized spacial score (nSPS) is 12.0. The van der Waals surface area contributed by atoms with Crippen LogP contribution in [-0.2, 0) is 4.74 Å². The molecule has 0 N–H and O–H groups in total. The Morgan fingerprint density at radius 1 is 1.15 bits per heavy atom. The maximum absolute atomic E-state index is 13.2. The van der Waals surface area contributed by atoms with Crippen LogP contribution in [0.3, 0.4) is 0 Å². The van der Waals surface area contributed by atoms with Crippen LogP contribution in [0, 0.1) is 0 Å². The van der Waals surface area contributed by atoms with Gasteiger partial charge in [-0.1, -0.05) is 17.7 Å². The number of nitrogens with zero attached hydrogens (tertiary/aromatic N) is 4. The number of hydrogen-bond acceptors (Lipinski definition) is 5. The number of aromatic nitrogens is 3. The van der Waals surface area contributed by atoms with Crippen molar-refractivity contribution >= 4 is 40.2 Å². The van der Waals surface area contributed by atoms with E-state index in [0.29, 0.717) is 21.9 Å². The second-order valence-electron chi connectivity index (χ2n) is 7.57. The van der Waals surface area contributed by atoms with E-state index >= 15 is 0 Å². The zero-order valence-corrected chi connectivity index (χ0v) is 19.0. The molecule has 4 aromatic rings. The summed E-state index contributed by atoms with van der Waals surface area (Å²) in [4.78, 5) is 48.0. The van der Waals surface area contributed by atoms with E-state index in [-0.39, 0.29) is 34.6 Å². The van der Waals surface area contributed by atoms with Gasteiger partial charge in [-0.05, 0) is 63.2 Å². The number of rotatable bonds is 4. The second kappa shape index (κ2) is 8.99. The lowest BCUT2D eigenvalue weighted by atomic mass is 10.1. The standard InChI is InChI=1S/C24H21ClN4O4/c1-4-33-24(32)18-13-17-20(26-19-7-5-6-12-28(19)23(17)31)29(14(2)3)21(18)27-22(30)15-8-10-16(25)11-9-15/h5-14H,4H2,1-3H3. The fraction of sp³-hybridized carbons (Fsp3) is 0.208. The zero-order valence-electron chi connectivity index (χ0n) is 18.3. The van der Waals surface area contributed by atoms with Gasteiger partial charge in [0.05, 0.1) is 12.0 Å². The van der Waals surface area contributed by atoms with Gasteiger partial charge in [0.1, 0.15) is 16.9 Å². The molecule has 0 unspecified atom stereocenters. The quantitative estimate of drug-likeness (QED) is 0.338. The van der Waals surface area contributed by atoms with Crippen LogP contribution in [0.2, 0.25) is 5.02 Å². The minimum atomic E-state index is -0.686. The number of halogens is 1. The van der Waals surface area contributed by atoms with Crippen LogP contribution in [-0.4, -0.2) is 32.4 Å². The summed E-state index contributed by atoms with van der Waals surface area (Å²) in [5.74, 6) is -1.25. The number of carbonyl (C=O) groups excluding carboxylic acids is 2. The van der Waals surface area contributed by atoms with Crippen LogP contribution in [0.5, 0.6) is 0 Å². The third-order valence-electron chi connectivity index (χ3n) is 5.05. The van der Waals surface area contributed by atoms with E-state index in [0.717, 1.165) is 0 Å². The first-order valence-electron chi connectivity index (χ1n) is 10.4. The van der Waals surface area contributed by atoms with Crippen molar-refractivity contribution in [2.24, 2.45) is 4.99 Å². The Balaban J connectivity index is 2.13. The maximum atomic E-state index is 13.2. The molecule has 8 nitrogen and oxygen atoms in total. The predicted molar refractivity (Wildman–Crippen MR) is 125 cm³/mol. The van der Waals surface area contributed by atoms with Crippen molar-refractivity contribution in [1.29, 1.82) is 0 Å². The molecular weight excluding hydrogens is 444 g/mol. The van der Waals surface area contributed by atoms with Gasteiger partial charge in [0.2, 0.25) is 0 Å². The lowest BCUT2D eigenvalue weighted by Gasteiger charge is -2.17. The monoisotopic (exact) mass is 464 g/mol. The third-order valence-corrected chi connectivity index (χ3v) is 5.30. The van der Waals surface area contributed by atoms with Gasteiger partial charge in [0.25, 0.3) is 11.5 Å². The number of benzene rings is 1. The Hall–Kier alpha value is -3.78. The summed E-state index contributed by atoms with van der Waals surface area (Å²) in [6.07, 6.45) is 1.61. The summed E-state index contributed by atoms with van der Waals surface area (Å²) >= 11 is 5.93. The van der Waals surface area contributed by atoms with E-state index in [1.165, 1.54) is 10.5 Å². The number of ether oxygens (including phenoxy) is 1. The molecule has 1 aromatic carbocycles. The molecule has 3 heterocycles. The Kier molecular flexibility index (Phi) is 6.11. The van der Waals surface area contributed by atoms with Crippen molar-refractivity contribution in [3.63, 3.8) is 0 Å². The SMILES string of the molecule is CCOC(=O)c1cc2c(=O)n3ccccc3nc2n(C(C)C)c1=NC(=O)c1ccc(Cl)cc1. The molecule has 9 heteroatoms. The lowest BCUT2D eigenvalue weighted by Crippen LogP contribution is -2.33. The van der Waals surface area contributed by atoms with Crippen LogP contribution in [0.4, 0.5) is 0 Å². The molecule has 33 heavy (non-hydrogen) atoms. The maximum Gasteiger partial charge on any atom is 0.341 e.